The lowest BCUT2D eigenvalue weighted by Crippen LogP contribution is -2.29. The number of carbonyl (C=O) groups is 2. The molecule has 11 heteroatoms. The van der Waals surface area contributed by atoms with Gasteiger partial charge in [-0.25, -0.2) is 4.98 Å². The van der Waals surface area contributed by atoms with Gasteiger partial charge in [0.05, 0.1) is 4.91 Å². The molecule has 2 aliphatic heterocycles. The molecule has 0 atom stereocenters. The van der Waals surface area contributed by atoms with Crippen LogP contribution >= 0.6 is 46.9 Å². The summed E-state index contributed by atoms with van der Waals surface area (Å²) >= 11 is 14.2. The monoisotopic (exact) mass is 585 g/mol. The third kappa shape index (κ3) is 6.74. The Hall–Kier alpha value is -2.92. The summed E-state index contributed by atoms with van der Waals surface area (Å²) < 4.78 is 11.3. The maximum absolute atomic E-state index is 12.9. The van der Waals surface area contributed by atoms with Crippen molar-refractivity contribution in [3.05, 3.63) is 74.6 Å². The van der Waals surface area contributed by atoms with Gasteiger partial charge in [0.1, 0.15) is 4.32 Å². The van der Waals surface area contributed by atoms with Gasteiger partial charge in [0.2, 0.25) is 12.7 Å². The van der Waals surface area contributed by atoms with Crippen LogP contribution in [0.15, 0.2) is 53.6 Å². The van der Waals surface area contributed by atoms with Crippen LogP contribution in [-0.4, -0.2) is 39.4 Å². The molecule has 1 fully saturated rings. The van der Waals surface area contributed by atoms with E-state index >= 15 is 0 Å². The minimum Gasteiger partial charge on any atom is -0.454 e. The van der Waals surface area contributed by atoms with E-state index in [9.17, 15) is 9.59 Å². The highest BCUT2D eigenvalue weighted by Gasteiger charge is 2.31. The van der Waals surface area contributed by atoms with Crippen molar-refractivity contribution in [2.24, 2.45) is 0 Å². The van der Waals surface area contributed by atoms with Crippen molar-refractivity contribution in [2.45, 2.75) is 32.1 Å². The summed E-state index contributed by atoms with van der Waals surface area (Å²) in [5, 5.41) is 4.19. The highest BCUT2D eigenvalue weighted by atomic mass is 35.5. The molecule has 196 valence electrons. The van der Waals surface area contributed by atoms with Gasteiger partial charge in [-0.15, -0.1) is 11.3 Å². The van der Waals surface area contributed by atoms with Gasteiger partial charge >= 0.3 is 0 Å². The van der Waals surface area contributed by atoms with Crippen molar-refractivity contribution in [3.63, 3.8) is 0 Å². The molecule has 5 rings (SSSR count). The van der Waals surface area contributed by atoms with Crippen LogP contribution in [0.3, 0.4) is 0 Å². The molecule has 0 bridgehead atoms. The van der Waals surface area contributed by atoms with Crippen LogP contribution in [0.2, 0.25) is 5.02 Å². The van der Waals surface area contributed by atoms with Crippen molar-refractivity contribution in [1.29, 1.82) is 0 Å². The van der Waals surface area contributed by atoms with Gasteiger partial charge in [0, 0.05) is 35.5 Å². The standard InChI is InChI=1S/C27H24ClN3O4S3/c28-19-8-5-17(6-9-19)12-20-15-29-26(37-20)30-24(32)4-2-1-3-11-31-25(33)23(38-27(31)36)14-18-7-10-21-22(13-18)35-16-34-21/h5-10,13-15H,1-4,11-12,16H2,(H,29,30,32). The SMILES string of the molecule is O=C(CCCCCN1C(=O)C(=Cc2ccc3c(c2)OCO3)SC1=S)Nc1ncc(Cc2ccc(Cl)cc2)s1. The molecule has 2 aliphatic rings. The normalized spacial score (nSPS) is 15.5. The number of anilines is 1. The fourth-order valence-corrected chi connectivity index (χ4v) is 6.31. The zero-order chi connectivity index (χ0) is 26.5. The first-order chi connectivity index (χ1) is 18.4. The predicted molar refractivity (Wildman–Crippen MR) is 156 cm³/mol. The Morgan fingerprint density at radius 3 is 2.79 bits per heavy atom. The third-order valence-electron chi connectivity index (χ3n) is 5.95. The summed E-state index contributed by atoms with van der Waals surface area (Å²) in [7, 11) is 0. The topological polar surface area (TPSA) is 80.8 Å². The summed E-state index contributed by atoms with van der Waals surface area (Å²) in [4.78, 5) is 32.8. The minimum absolute atomic E-state index is 0.0605. The lowest BCUT2D eigenvalue weighted by atomic mass is 10.1. The number of hydrogen-bond donors (Lipinski definition) is 1. The lowest BCUT2D eigenvalue weighted by molar-refractivity contribution is -0.122. The van der Waals surface area contributed by atoms with Gasteiger partial charge in [-0.05, 0) is 54.3 Å². The number of amides is 2. The Morgan fingerprint density at radius 1 is 1.13 bits per heavy atom. The molecule has 38 heavy (non-hydrogen) atoms. The molecule has 1 aromatic heterocycles. The highest BCUT2D eigenvalue weighted by Crippen LogP contribution is 2.36. The zero-order valence-electron chi connectivity index (χ0n) is 20.3. The number of fused-ring (bicyclic) bond motifs is 1. The average Bonchev–Trinajstić information content (AvgIpc) is 3.61. The number of thioether (sulfide) groups is 1. The van der Waals surface area contributed by atoms with E-state index in [1.807, 2.05) is 48.5 Å². The first-order valence-corrected chi connectivity index (χ1v) is 14.5. The van der Waals surface area contributed by atoms with E-state index in [2.05, 4.69) is 10.3 Å². The molecule has 1 N–H and O–H groups in total. The number of hydrogen-bond acceptors (Lipinski definition) is 8. The van der Waals surface area contributed by atoms with Gasteiger partial charge in [-0.1, -0.05) is 60.2 Å². The Labute approximate surface area is 239 Å². The maximum atomic E-state index is 12.9. The number of nitrogens with one attached hydrogen (secondary N) is 1. The Morgan fingerprint density at radius 2 is 1.95 bits per heavy atom. The fraction of sp³-hybridized carbons (Fsp3) is 0.259. The number of ether oxygens (including phenoxy) is 2. The van der Waals surface area contributed by atoms with Crippen LogP contribution in [0.25, 0.3) is 6.08 Å². The van der Waals surface area contributed by atoms with E-state index in [-0.39, 0.29) is 18.6 Å². The van der Waals surface area contributed by atoms with E-state index in [0.717, 1.165) is 41.7 Å². The molecule has 0 aliphatic carbocycles. The first-order valence-electron chi connectivity index (χ1n) is 12.1. The Bertz CT molecular complexity index is 1390. The average molecular weight is 586 g/mol. The molecule has 0 radical (unpaired) electrons. The molecule has 0 unspecified atom stereocenters. The van der Waals surface area contributed by atoms with Crippen LogP contribution in [0.4, 0.5) is 5.13 Å². The summed E-state index contributed by atoms with van der Waals surface area (Å²) in [5.41, 5.74) is 2.00. The Kier molecular flexibility index (Phi) is 8.63. The zero-order valence-corrected chi connectivity index (χ0v) is 23.5. The van der Waals surface area contributed by atoms with Crippen LogP contribution in [0.5, 0.6) is 11.5 Å². The molecular weight excluding hydrogens is 562 g/mol. The first kappa shape index (κ1) is 26.7. The van der Waals surface area contributed by atoms with Crippen LogP contribution in [-0.2, 0) is 16.0 Å². The van der Waals surface area contributed by atoms with Crippen molar-refractivity contribution in [2.75, 3.05) is 18.7 Å². The number of thiocarbonyl (C=S) groups is 1. The van der Waals surface area contributed by atoms with E-state index in [0.29, 0.717) is 43.8 Å². The molecule has 3 heterocycles. The van der Waals surface area contributed by atoms with Crippen LogP contribution in [0, 0.1) is 0 Å². The fourth-order valence-electron chi connectivity index (χ4n) is 4.01. The molecule has 3 aromatic rings. The molecule has 2 aromatic carbocycles. The second kappa shape index (κ2) is 12.3. The number of halogens is 1. The smallest absolute Gasteiger partial charge is 0.266 e. The maximum Gasteiger partial charge on any atom is 0.266 e. The number of unbranched alkanes of at least 4 members (excludes halogenated alkanes) is 2. The summed E-state index contributed by atoms with van der Waals surface area (Å²) in [5.74, 6) is 1.23. The largest absolute Gasteiger partial charge is 0.454 e. The quantitative estimate of drug-likeness (QED) is 0.165. The second-order valence-corrected chi connectivity index (χ2v) is 12.0. The minimum atomic E-state index is -0.0893. The number of thiazole rings is 1. The van der Waals surface area contributed by atoms with Crippen molar-refractivity contribution < 1.29 is 19.1 Å². The summed E-state index contributed by atoms with van der Waals surface area (Å²) in [6, 6.07) is 13.3. The summed E-state index contributed by atoms with van der Waals surface area (Å²) in [6.07, 6.45) is 7.05. The molecule has 2 amide bonds. The van der Waals surface area contributed by atoms with Gasteiger partial charge in [0.15, 0.2) is 16.6 Å². The molecule has 1 saturated heterocycles. The number of benzene rings is 2. The van der Waals surface area contributed by atoms with Crippen molar-refractivity contribution in [3.8, 4) is 11.5 Å². The van der Waals surface area contributed by atoms with E-state index in [1.54, 1.807) is 11.1 Å². The van der Waals surface area contributed by atoms with Crippen molar-refractivity contribution in [1.82, 2.24) is 9.88 Å². The predicted octanol–water partition coefficient (Wildman–Crippen LogP) is 6.52. The van der Waals surface area contributed by atoms with Gasteiger partial charge < -0.3 is 14.8 Å². The van der Waals surface area contributed by atoms with Crippen molar-refractivity contribution >= 4 is 74.3 Å². The molecular formula is C27H24ClN3O4S3. The highest BCUT2D eigenvalue weighted by molar-refractivity contribution is 8.26. The van der Waals surface area contributed by atoms with Gasteiger partial charge in [-0.3, -0.25) is 14.5 Å². The number of rotatable bonds is 10. The molecule has 0 saturated carbocycles. The lowest BCUT2D eigenvalue weighted by Gasteiger charge is -2.14. The number of aromatic nitrogens is 1. The second-order valence-electron chi connectivity index (χ2n) is 8.74. The van der Waals surface area contributed by atoms with Crippen LogP contribution < -0.4 is 14.8 Å². The van der Waals surface area contributed by atoms with E-state index in [1.165, 1.54) is 23.1 Å². The Balaban J connectivity index is 1.03. The third-order valence-corrected chi connectivity index (χ3v) is 8.49. The summed E-state index contributed by atoms with van der Waals surface area (Å²) in [6.45, 7) is 0.741. The number of nitrogens with zero attached hydrogens (tertiary/aromatic N) is 2. The number of carbonyl (C=O) groups excluding carboxylic acids is 2. The van der Waals surface area contributed by atoms with E-state index in [4.69, 9.17) is 33.3 Å². The molecule has 7 nitrogen and oxygen atoms in total. The van der Waals surface area contributed by atoms with Gasteiger partial charge in [-0.2, -0.15) is 0 Å². The van der Waals surface area contributed by atoms with Crippen LogP contribution in [0.1, 0.15) is 41.7 Å². The molecule has 0 spiro atoms. The van der Waals surface area contributed by atoms with E-state index < -0.39 is 0 Å². The van der Waals surface area contributed by atoms with Gasteiger partial charge in [0.25, 0.3) is 5.91 Å².